The number of thiocarbonyl (C=S) groups is 1. The van der Waals surface area contributed by atoms with E-state index in [2.05, 4.69) is 23.6 Å². The molecule has 0 spiro atoms. The highest BCUT2D eigenvalue weighted by molar-refractivity contribution is 7.80. The van der Waals surface area contributed by atoms with Crippen molar-refractivity contribution < 1.29 is 4.74 Å². The Morgan fingerprint density at radius 2 is 2.31 bits per heavy atom. The molecule has 1 aliphatic rings. The van der Waals surface area contributed by atoms with Gasteiger partial charge in [-0.15, -0.1) is 0 Å². The first-order valence-electron chi connectivity index (χ1n) is 5.81. The molecule has 0 amide bonds. The largest absolute Gasteiger partial charge is 0.392 e. The molecule has 2 N–H and O–H groups in total. The van der Waals surface area contributed by atoms with Crippen molar-refractivity contribution in [3.8, 4) is 0 Å². The second-order valence-electron chi connectivity index (χ2n) is 4.74. The van der Waals surface area contributed by atoms with Crippen molar-refractivity contribution in [2.24, 2.45) is 5.73 Å². The minimum Gasteiger partial charge on any atom is -0.392 e. The summed E-state index contributed by atoms with van der Waals surface area (Å²) in [6, 6.07) is 0.590. The summed E-state index contributed by atoms with van der Waals surface area (Å²) in [4.78, 5) is 5.11. The van der Waals surface area contributed by atoms with Crippen LogP contribution in [0.15, 0.2) is 0 Å². The van der Waals surface area contributed by atoms with Gasteiger partial charge in [-0.05, 0) is 20.9 Å². The fourth-order valence-electron chi connectivity index (χ4n) is 2.00. The van der Waals surface area contributed by atoms with Crippen LogP contribution in [0.5, 0.6) is 0 Å². The number of hydrogen-bond acceptors (Lipinski definition) is 4. The average Bonchev–Trinajstić information content (AvgIpc) is 2.16. The first-order chi connectivity index (χ1) is 7.49. The zero-order chi connectivity index (χ0) is 12.1. The number of nitrogens with two attached hydrogens (primary N) is 1. The van der Waals surface area contributed by atoms with E-state index >= 15 is 0 Å². The Labute approximate surface area is 104 Å². The molecule has 4 nitrogen and oxygen atoms in total. The maximum atomic E-state index is 5.74. The second-order valence-corrected chi connectivity index (χ2v) is 5.27. The molecule has 0 bridgehead atoms. The Kier molecular flexibility index (Phi) is 5.61. The fourth-order valence-corrected chi connectivity index (χ4v) is 2.22. The van der Waals surface area contributed by atoms with Crippen LogP contribution >= 0.6 is 12.2 Å². The second kappa shape index (κ2) is 6.49. The van der Waals surface area contributed by atoms with Crippen molar-refractivity contribution in [3.05, 3.63) is 0 Å². The summed E-state index contributed by atoms with van der Waals surface area (Å²) in [6.07, 6.45) is 0.274. The number of rotatable bonds is 5. The van der Waals surface area contributed by atoms with Gasteiger partial charge in [-0.2, -0.15) is 0 Å². The molecule has 0 radical (unpaired) electrons. The minimum absolute atomic E-state index is 0.274. The zero-order valence-corrected chi connectivity index (χ0v) is 11.3. The van der Waals surface area contributed by atoms with Crippen molar-refractivity contribution in [1.82, 2.24) is 9.80 Å². The van der Waals surface area contributed by atoms with Crippen LogP contribution in [0, 0.1) is 0 Å². The molecular formula is C11H23N3OS. The van der Waals surface area contributed by atoms with Crippen molar-refractivity contribution in [2.75, 3.05) is 39.8 Å². The molecule has 1 atom stereocenters. The molecule has 0 aromatic rings. The predicted octanol–water partition coefficient (Wildman–Crippen LogP) is 0.314. The highest BCUT2D eigenvalue weighted by Crippen LogP contribution is 2.09. The smallest absolute Gasteiger partial charge is 0.0869 e. The Morgan fingerprint density at radius 3 is 2.88 bits per heavy atom. The lowest BCUT2D eigenvalue weighted by atomic mass is 10.2. The summed E-state index contributed by atoms with van der Waals surface area (Å²) >= 11 is 4.89. The lowest BCUT2D eigenvalue weighted by Gasteiger charge is -2.36. The molecule has 0 aromatic carbocycles. The van der Waals surface area contributed by atoms with Crippen LogP contribution in [-0.2, 0) is 4.74 Å². The van der Waals surface area contributed by atoms with E-state index in [1.165, 1.54) is 0 Å². The average molecular weight is 245 g/mol. The van der Waals surface area contributed by atoms with Gasteiger partial charge in [0.1, 0.15) is 0 Å². The van der Waals surface area contributed by atoms with Gasteiger partial charge in [0.2, 0.25) is 0 Å². The van der Waals surface area contributed by atoms with Gasteiger partial charge in [0, 0.05) is 32.2 Å². The van der Waals surface area contributed by atoms with Crippen LogP contribution in [-0.4, -0.2) is 66.8 Å². The van der Waals surface area contributed by atoms with Gasteiger partial charge in [0.15, 0.2) is 0 Å². The number of ether oxygens (including phenoxy) is 1. The van der Waals surface area contributed by atoms with Gasteiger partial charge in [0.25, 0.3) is 0 Å². The van der Waals surface area contributed by atoms with Crippen LogP contribution in [0.4, 0.5) is 0 Å². The Balaban J connectivity index is 2.33. The molecule has 0 aromatic heterocycles. The Hall–Kier alpha value is -0.230. The molecule has 94 valence electrons. The third-order valence-electron chi connectivity index (χ3n) is 2.84. The standard InChI is InChI=1S/C11H23N3OS/c1-9(2)14-4-5-15-10(7-14)6-13(3)8-11(12)16/h9-10H,4-8H2,1-3H3,(H2,12,16). The van der Waals surface area contributed by atoms with Crippen LogP contribution in [0.25, 0.3) is 0 Å². The molecule has 1 saturated heterocycles. The monoisotopic (exact) mass is 245 g/mol. The van der Waals surface area contributed by atoms with Crippen LogP contribution in [0.3, 0.4) is 0 Å². The summed E-state index contributed by atoms with van der Waals surface area (Å²) < 4.78 is 5.74. The minimum atomic E-state index is 0.274. The maximum absolute atomic E-state index is 5.74. The summed E-state index contributed by atoms with van der Waals surface area (Å²) in [6.45, 7) is 8.86. The number of morpholine rings is 1. The normalized spacial score (nSPS) is 22.9. The highest BCUT2D eigenvalue weighted by Gasteiger charge is 2.23. The summed E-state index contributed by atoms with van der Waals surface area (Å²) in [5.74, 6) is 0. The van der Waals surface area contributed by atoms with Gasteiger partial charge >= 0.3 is 0 Å². The summed E-state index contributed by atoms with van der Waals surface area (Å²) in [7, 11) is 2.02. The fraction of sp³-hybridized carbons (Fsp3) is 0.909. The molecule has 16 heavy (non-hydrogen) atoms. The maximum Gasteiger partial charge on any atom is 0.0869 e. The van der Waals surface area contributed by atoms with E-state index in [4.69, 9.17) is 22.7 Å². The predicted molar refractivity (Wildman–Crippen MR) is 70.7 cm³/mol. The molecule has 0 aliphatic carbocycles. The topological polar surface area (TPSA) is 41.7 Å². The molecule has 1 unspecified atom stereocenters. The molecule has 1 fully saturated rings. The van der Waals surface area contributed by atoms with E-state index in [9.17, 15) is 0 Å². The Bertz CT molecular complexity index is 235. The summed E-state index contributed by atoms with van der Waals surface area (Å²) in [5, 5.41) is 0. The highest BCUT2D eigenvalue weighted by atomic mass is 32.1. The van der Waals surface area contributed by atoms with Crippen molar-refractivity contribution >= 4 is 17.2 Å². The van der Waals surface area contributed by atoms with Crippen molar-refractivity contribution in [1.29, 1.82) is 0 Å². The molecule has 0 saturated carbocycles. The van der Waals surface area contributed by atoms with E-state index in [0.717, 1.165) is 26.2 Å². The van der Waals surface area contributed by atoms with Gasteiger partial charge in [-0.25, -0.2) is 0 Å². The number of nitrogens with zero attached hydrogens (tertiary/aromatic N) is 2. The Morgan fingerprint density at radius 1 is 1.62 bits per heavy atom. The van der Waals surface area contributed by atoms with Crippen molar-refractivity contribution in [3.63, 3.8) is 0 Å². The molecule has 1 rings (SSSR count). The third-order valence-corrected chi connectivity index (χ3v) is 2.97. The van der Waals surface area contributed by atoms with Crippen molar-refractivity contribution in [2.45, 2.75) is 26.0 Å². The molecule has 1 heterocycles. The van der Waals surface area contributed by atoms with Crippen LogP contribution in [0.2, 0.25) is 0 Å². The van der Waals surface area contributed by atoms with Gasteiger partial charge in [0.05, 0.1) is 17.7 Å². The zero-order valence-electron chi connectivity index (χ0n) is 10.5. The quantitative estimate of drug-likeness (QED) is 0.706. The van der Waals surface area contributed by atoms with Gasteiger partial charge < -0.3 is 10.5 Å². The lowest BCUT2D eigenvalue weighted by molar-refractivity contribution is -0.0481. The van der Waals surface area contributed by atoms with Gasteiger partial charge in [-0.1, -0.05) is 12.2 Å². The van der Waals surface area contributed by atoms with Gasteiger partial charge in [-0.3, -0.25) is 9.80 Å². The number of hydrogen-bond donors (Lipinski definition) is 1. The number of likely N-dealkylation sites (N-methyl/N-ethyl adjacent to an activating group) is 1. The molecule has 1 aliphatic heterocycles. The third kappa shape index (κ3) is 4.74. The SMILES string of the molecule is CC(C)N1CCOC(CN(C)CC(N)=S)C1. The summed E-state index contributed by atoms with van der Waals surface area (Å²) in [5.41, 5.74) is 5.51. The first-order valence-corrected chi connectivity index (χ1v) is 6.22. The van der Waals surface area contributed by atoms with E-state index in [1.54, 1.807) is 0 Å². The molecule has 5 heteroatoms. The van der Waals surface area contributed by atoms with E-state index in [0.29, 0.717) is 17.6 Å². The van der Waals surface area contributed by atoms with E-state index < -0.39 is 0 Å². The van der Waals surface area contributed by atoms with E-state index in [1.807, 2.05) is 7.05 Å². The van der Waals surface area contributed by atoms with Crippen LogP contribution < -0.4 is 5.73 Å². The molecular weight excluding hydrogens is 222 g/mol. The lowest BCUT2D eigenvalue weighted by Crippen LogP contribution is -2.49. The van der Waals surface area contributed by atoms with Crippen LogP contribution in [0.1, 0.15) is 13.8 Å². The first kappa shape index (κ1) is 13.8. The van der Waals surface area contributed by atoms with E-state index in [-0.39, 0.29) is 6.10 Å².